The summed E-state index contributed by atoms with van der Waals surface area (Å²) in [5.74, 6) is -1.24. The largest absolute Gasteiger partial charge is 0.451 e. The normalized spacial score (nSPS) is 10.3. The second-order valence-electron chi connectivity index (χ2n) is 4.37. The number of carbonyl (C=O) groups is 2. The number of hydrogen-bond acceptors (Lipinski definition) is 5. The first-order chi connectivity index (χ1) is 10.9. The molecule has 9 heteroatoms. The third kappa shape index (κ3) is 4.79. The lowest BCUT2D eigenvalue weighted by Gasteiger charge is -2.08. The zero-order chi connectivity index (χ0) is 17.0. The Kier molecular flexibility index (Phi) is 5.76. The minimum atomic E-state index is -0.769. The van der Waals surface area contributed by atoms with Crippen LogP contribution in [0.15, 0.2) is 24.4 Å². The Morgan fingerprint density at radius 3 is 2.65 bits per heavy atom. The first-order valence-electron chi connectivity index (χ1n) is 6.28. The van der Waals surface area contributed by atoms with Crippen LogP contribution < -0.4 is 5.32 Å². The van der Waals surface area contributed by atoms with E-state index in [2.05, 4.69) is 15.3 Å². The fraction of sp³-hybridized carbons (Fsp3) is 0.143. The van der Waals surface area contributed by atoms with Gasteiger partial charge in [-0.15, -0.1) is 0 Å². The zero-order valence-electron chi connectivity index (χ0n) is 11.8. The minimum absolute atomic E-state index is 0.00351. The molecule has 2 aromatic heterocycles. The van der Waals surface area contributed by atoms with E-state index in [1.807, 2.05) is 0 Å². The molecule has 2 rings (SSSR count). The van der Waals surface area contributed by atoms with Gasteiger partial charge in [0.05, 0.1) is 15.7 Å². The molecule has 0 radical (unpaired) electrons. The Morgan fingerprint density at radius 1 is 1.22 bits per heavy atom. The Labute approximate surface area is 146 Å². The van der Waals surface area contributed by atoms with Crippen LogP contribution in [0.2, 0.25) is 15.1 Å². The molecule has 2 heterocycles. The van der Waals surface area contributed by atoms with Crippen LogP contribution in [-0.4, -0.2) is 28.5 Å². The monoisotopic (exact) mass is 373 g/mol. The number of nitrogens with zero attached hydrogens (tertiary/aromatic N) is 2. The average Bonchev–Trinajstić information content (AvgIpc) is 2.50. The maximum atomic E-state index is 11.8. The summed E-state index contributed by atoms with van der Waals surface area (Å²) in [6.45, 7) is 1.14. The molecule has 0 unspecified atom stereocenters. The molecule has 0 saturated carbocycles. The van der Waals surface area contributed by atoms with Gasteiger partial charge in [0, 0.05) is 11.2 Å². The molecular weight excluding hydrogens is 365 g/mol. The van der Waals surface area contributed by atoms with E-state index in [9.17, 15) is 9.59 Å². The van der Waals surface area contributed by atoms with E-state index in [-0.39, 0.29) is 16.5 Å². The first-order valence-corrected chi connectivity index (χ1v) is 7.41. The van der Waals surface area contributed by atoms with Crippen LogP contribution >= 0.6 is 34.8 Å². The van der Waals surface area contributed by atoms with E-state index in [0.29, 0.717) is 15.7 Å². The maximum absolute atomic E-state index is 11.8. The molecular formula is C14H10Cl3N3O3. The zero-order valence-corrected chi connectivity index (χ0v) is 14.0. The van der Waals surface area contributed by atoms with E-state index >= 15 is 0 Å². The van der Waals surface area contributed by atoms with Crippen molar-refractivity contribution >= 4 is 52.5 Å². The van der Waals surface area contributed by atoms with Crippen LogP contribution in [0.1, 0.15) is 16.2 Å². The van der Waals surface area contributed by atoms with Crippen LogP contribution in [0.4, 0.5) is 5.82 Å². The van der Waals surface area contributed by atoms with E-state index in [1.54, 1.807) is 6.92 Å². The number of esters is 1. The third-order valence-corrected chi connectivity index (χ3v) is 3.53. The van der Waals surface area contributed by atoms with Gasteiger partial charge in [-0.1, -0.05) is 34.8 Å². The highest BCUT2D eigenvalue weighted by molar-refractivity contribution is 6.36. The van der Waals surface area contributed by atoms with Gasteiger partial charge in [0.15, 0.2) is 12.4 Å². The average molecular weight is 375 g/mol. The van der Waals surface area contributed by atoms with Crippen molar-refractivity contribution in [3.05, 3.63) is 50.9 Å². The van der Waals surface area contributed by atoms with E-state index in [0.717, 1.165) is 0 Å². The van der Waals surface area contributed by atoms with Crippen molar-refractivity contribution in [2.45, 2.75) is 6.92 Å². The maximum Gasteiger partial charge on any atom is 0.357 e. The topological polar surface area (TPSA) is 81.2 Å². The highest BCUT2D eigenvalue weighted by Crippen LogP contribution is 2.25. The molecule has 0 aliphatic carbocycles. The second-order valence-corrected chi connectivity index (χ2v) is 5.62. The Hall–Kier alpha value is -1.89. The fourth-order valence-electron chi connectivity index (χ4n) is 1.54. The number of rotatable bonds is 4. The first kappa shape index (κ1) is 17.5. The van der Waals surface area contributed by atoms with Crippen LogP contribution in [-0.2, 0) is 9.53 Å². The molecule has 2 aromatic rings. The second kappa shape index (κ2) is 7.59. The van der Waals surface area contributed by atoms with Gasteiger partial charge in [-0.3, -0.25) is 4.79 Å². The molecule has 0 aromatic carbocycles. The van der Waals surface area contributed by atoms with Crippen LogP contribution in [0.3, 0.4) is 0 Å². The number of halogens is 3. The quantitative estimate of drug-likeness (QED) is 0.828. The lowest BCUT2D eigenvalue weighted by atomic mass is 10.3. The minimum Gasteiger partial charge on any atom is -0.451 e. The standard InChI is InChI=1S/C14H10Cl3N3O3/c1-7-9(16)5-10(17)13(19-7)20-12(21)6-23-14(22)11-4-8(15)2-3-18-11/h2-5H,6H2,1H3,(H,19,20,21). The summed E-state index contributed by atoms with van der Waals surface area (Å²) in [6, 6.07) is 4.31. The van der Waals surface area contributed by atoms with E-state index < -0.39 is 18.5 Å². The van der Waals surface area contributed by atoms with Gasteiger partial charge in [-0.2, -0.15) is 0 Å². The van der Waals surface area contributed by atoms with E-state index in [4.69, 9.17) is 39.5 Å². The summed E-state index contributed by atoms with van der Waals surface area (Å²) < 4.78 is 4.84. The molecule has 0 aliphatic rings. The van der Waals surface area contributed by atoms with Gasteiger partial charge < -0.3 is 10.1 Å². The van der Waals surface area contributed by atoms with Crippen molar-refractivity contribution in [2.24, 2.45) is 0 Å². The van der Waals surface area contributed by atoms with Crippen molar-refractivity contribution in [2.75, 3.05) is 11.9 Å². The van der Waals surface area contributed by atoms with Gasteiger partial charge in [0.1, 0.15) is 5.69 Å². The number of aromatic nitrogens is 2. The third-order valence-electron chi connectivity index (χ3n) is 2.63. The Balaban J connectivity index is 1.95. The Bertz CT molecular complexity index is 768. The number of amides is 1. The SMILES string of the molecule is Cc1nc(NC(=O)COC(=O)c2cc(Cl)ccn2)c(Cl)cc1Cl. The summed E-state index contributed by atoms with van der Waals surface area (Å²) in [7, 11) is 0. The molecule has 1 amide bonds. The van der Waals surface area contributed by atoms with Crippen molar-refractivity contribution in [3.63, 3.8) is 0 Å². The highest BCUT2D eigenvalue weighted by Gasteiger charge is 2.14. The molecule has 0 atom stereocenters. The molecule has 23 heavy (non-hydrogen) atoms. The van der Waals surface area contributed by atoms with Crippen LogP contribution in [0, 0.1) is 6.92 Å². The van der Waals surface area contributed by atoms with Gasteiger partial charge in [0.25, 0.3) is 5.91 Å². The summed E-state index contributed by atoms with van der Waals surface area (Å²) >= 11 is 17.5. The van der Waals surface area contributed by atoms with Gasteiger partial charge in [-0.25, -0.2) is 14.8 Å². The molecule has 120 valence electrons. The van der Waals surface area contributed by atoms with Gasteiger partial charge in [0.2, 0.25) is 0 Å². The number of hydrogen-bond donors (Lipinski definition) is 1. The van der Waals surface area contributed by atoms with Crippen molar-refractivity contribution in [3.8, 4) is 0 Å². The van der Waals surface area contributed by atoms with Crippen LogP contribution in [0.5, 0.6) is 0 Å². The smallest absolute Gasteiger partial charge is 0.357 e. The number of aryl methyl sites for hydroxylation is 1. The highest BCUT2D eigenvalue weighted by atomic mass is 35.5. The van der Waals surface area contributed by atoms with E-state index in [1.165, 1.54) is 24.4 Å². The van der Waals surface area contributed by atoms with Crippen molar-refractivity contribution in [1.29, 1.82) is 0 Å². The molecule has 6 nitrogen and oxygen atoms in total. The molecule has 0 aliphatic heterocycles. The predicted molar refractivity (Wildman–Crippen MR) is 87.2 cm³/mol. The van der Waals surface area contributed by atoms with Gasteiger partial charge >= 0.3 is 5.97 Å². The number of anilines is 1. The number of carbonyl (C=O) groups excluding carboxylic acids is 2. The lowest BCUT2D eigenvalue weighted by molar-refractivity contribution is -0.119. The van der Waals surface area contributed by atoms with Crippen LogP contribution in [0.25, 0.3) is 0 Å². The summed E-state index contributed by atoms with van der Waals surface area (Å²) in [6.07, 6.45) is 1.36. The summed E-state index contributed by atoms with van der Waals surface area (Å²) in [4.78, 5) is 31.4. The summed E-state index contributed by atoms with van der Waals surface area (Å²) in [5.41, 5.74) is 0.510. The lowest BCUT2D eigenvalue weighted by Crippen LogP contribution is -2.22. The van der Waals surface area contributed by atoms with Gasteiger partial charge in [-0.05, 0) is 25.1 Å². The molecule has 1 N–H and O–H groups in total. The molecule has 0 bridgehead atoms. The fourth-order valence-corrected chi connectivity index (χ4v) is 2.10. The summed E-state index contributed by atoms with van der Waals surface area (Å²) in [5, 5.41) is 3.33. The number of pyridine rings is 2. The number of ether oxygens (including phenoxy) is 1. The number of nitrogens with one attached hydrogen (secondary N) is 1. The molecule has 0 spiro atoms. The Morgan fingerprint density at radius 2 is 1.96 bits per heavy atom. The molecule has 0 saturated heterocycles. The van der Waals surface area contributed by atoms with Crippen molar-refractivity contribution in [1.82, 2.24) is 9.97 Å². The molecule has 0 fully saturated rings. The predicted octanol–water partition coefficient (Wildman–Crippen LogP) is 3.54. The van der Waals surface area contributed by atoms with Crippen molar-refractivity contribution < 1.29 is 14.3 Å².